The van der Waals surface area contributed by atoms with Crippen molar-refractivity contribution in [2.24, 2.45) is 0 Å². The highest BCUT2D eigenvalue weighted by atomic mass is 16.5. The Bertz CT molecular complexity index is 634. The average molecular weight is 367 g/mol. The molecule has 1 aliphatic rings. The molecule has 1 aromatic carbocycles. The van der Waals surface area contributed by atoms with Crippen molar-refractivity contribution in [3.05, 3.63) is 23.8 Å². The van der Waals surface area contributed by atoms with Crippen molar-refractivity contribution in [1.82, 2.24) is 5.32 Å². The lowest BCUT2D eigenvalue weighted by Crippen LogP contribution is -2.61. The molecule has 1 amide bonds. The summed E-state index contributed by atoms with van der Waals surface area (Å²) in [6.07, 6.45) is 0.500. The zero-order chi connectivity index (χ0) is 19.1. The van der Waals surface area contributed by atoms with Crippen LogP contribution in [0.4, 0.5) is 0 Å². The normalized spacial score (nSPS) is 21.6. The summed E-state index contributed by atoms with van der Waals surface area (Å²) in [7, 11) is 1.59. The number of ether oxygens (including phenoxy) is 4. The van der Waals surface area contributed by atoms with Gasteiger partial charge < -0.3 is 29.4 Å². The Morgan fingerprint density at radius 1 is 1.19 bits per heavy atom. The van der Waals surface area contributed by atoms with Crippen LogP contribution < -0.4 is 14.8 Å². The summed E-state index contributed by atoms with van der Waals surface area (Å²) in [6, 6.07) is 4.51. The van der Waals surface area contributed by atoms with Crippen molar-refractivity contribution in [3.63, 3.8) is 0 Å². The van der Waals surface area contributed by atoms with Crippen molar-refractivity contribution in [1.29, 1.82) is 0 Å². The molecule has 8 heteroatoms. The number of carboxylic acids is 1. The lowest BCUT2D eigenvalue weighted by molar-refractivity contribution is -0.139. The fourth-order valence-electron chi connectivity index (χ4n) is 2.84. The van der Waals surface area contributed by atoms with Crippen molar-refractivity contribution in [2.75, 3.05) is 26.9 Å². The average Bonchev–Trinajstić information content (AvgIpc) is 2.59. The number of nitrogens with one attached hydrogen (secondary N) is 1. The largest absolute Gasteiger partial charge is 0.490 e. The van der Waals surface area contributed by atoms with Crippen LogP contribution in [-0.4, -0.2) is 62.2 Å². The predicted octanol–water partition coefficient (Wildman–Crippen LogP) is 1.47. The number of methoxy groups -OCH3 is 1. The van der Waals surface area contributed by atoms with Gasteiger partial charge in [-0.3, -0.25) is 4.79 Å². The molecule has 0 aliphatic heterocycles. The number of benzene rings is 1. The third kappa shape index (κ3) is 4.86. The third-order valence-corrected chi connectivity index (χ3v) is 4.08. The van der Waals surface area contributed by atoms with Crippen LogP contribution in [0.25, 0.3) is 0 Å². The van der Waals surface area contributed by atoms with Crippen molar-refractivity contribution in [2.45, 2.75) is 38.5 Å². The lowest BCUT2D eigenvalue weighted by Gasteiger charge is -2.43. The van der Waals surface area contributed by atoms with Gasteiger partial charge in [-0.25, -0.2) is 4.79 Å². The molecule has 2 N–H and O–H groups in total. The Morgan fingerprint density at radius 3 is 2.58 bits per heavy atom. The smallest absolute Gasteiger partial charge is 0.341 e. The molecule has 1 saturated carbocycles. The van der Waals surface area contributed by atoms with Gasteiger partial charge in [-0.2, -0.15) is 0 Å². The van der Waals surface area contributed by atoms with E-state index in [-0.39, 0.29) is 29.9 Å². The summed E-state index contributed by atoms with van der Waals surface area (Å²) >= 11 is 0. The molecule has 144 valence electrons. The number of hydrogen-bond donors (Lipinski definition) is 2. The zero-order valence-corrected chi connectivity index (χ0v) is 15.2. The van der Waals surface area contributed by atoms with E-state index in [4.69, 9.17) is 24.1 Å². The van der Waals surface area contributed by atoms with Crippen LogP contribution in [0.3, 0.4) is 0 Å². The SMILES string of the molecule is CCOc1cc(C(=O)NC2CC(OCC)C2OC)ccc1OCC(=O)O. The summed E-state index contributed by atoms with van der Waals surface area (Å²) in [5, 5.41) is 11.7. The number of rotatable bonds is 10. The molecule has 0 saturated heterocycles. The fraction of sp³-hybridized carbons (Fsp3) is 0.556. The number of carbonyl (C=O) groups excluding carboxylic acids is 1. The van der Waals surface area contributed by atoms with Crippen molar-refractivity contribution >= 4 is 11.9 Å². The molecule has 0 radical (unpaired) electrons. The molecule has 3 atom stereocenters. The minimum Gasteiger partial charge on any atom is -0.490 e. The molecule has 26 heavy (non-hydrogen) atoms. The molecule has 8 nitrogen and oxygen atoms in total. The minimum absolute atomic E-state index is 0.0129. The first-order valence-electron chi connectivity index (χ1n) is 8.56. The molecule has 3 unspecified atom stereocenters. The second-order valence-corrected chi connectivity index (χ2v) is 5.79. The first-order valence-corrected chi connectivity index (χ1v) is 8.56. The van der Waals surface area contributed by atoms with Crippen LogP contribution in [-0.2, 0) is 14.3 Å². The molecule has 0 spiro atoms. The fourth-order valence-corrected chi connectivity index (χ4v) is 2.84. The molecule has 2 rings (SSSR count). The Labute approximate surface area is 152 Å². The maximum Gasteiger partial charge on any atom is 0.341 e. The van der Waals surface area contributed by atoms with Gasteiger partial charge >= 0.3 is 5.97 Å². The topological polar surface area (TPSA) is 103 Å². The molecule has 1 aliphatic carbocycles. The van der Waals surface area contributed by atoms with Gasteiger partial charge in [0.1, 0.15) is 6.10 Å². The number of amides is 1. The zero-order valence-electron chi connectivity index (χ0n) is 15.2. The summed E-state index contributed by atoms with van der Waals surface area (Å²) in [4.78, 5) is 23.2. The summed E-state index contributed by atoms with van der Waals surface area (Å²) in [5.74, 6) is -0.752. The van der Waals surface area contributed by atoms with Crippen molar-refractivity contribution < 1.29 is 33.6 Å². The highest BCUT2D eigenvalue weighted by Gasteiger charge is 2.43. The van der Waals surface area contributed by atoms with E-state index in [1.54, 1.807) is 20.1 Å². The molecular formula is C18H25NO7. The van der Waals surface area contributed by atoms with E-state index >= 15 is 0 Å². The molecule has 1 fully saturated rings. The van der Waals surface area contributed by atoms with Crippen LogP contribution in [0.15, 0.2) is 18.2 Å². The number of hydrogen-bond acceptors (Lipinski definition) is 6. The van der Waals surface area contributed by atoms with E-state index in [0.29, 0.717) is 30.9 Å². The standard InChI is InChI=1S/C18H25NO7/c1-4-24-14-8-11(6-7-13(14)26-10-16(20)21)18(22)19-12-9-15(25-5-2)17(12)23-3/h6-8,12,15,17H,4-5,9-10H2,1-3H3,(H,19,22)(H,20,21). The number of carboxylic acid groups (broad SMARTS) is 1. The Hall–Kier alpha value is -2.32. The monoisotopic (exact) mass is 367 g/mol. The Balaban J connectivity index is 2.04. The first-order chi connectivity index (χ1) is 12.5. The molecule has 0 heterocycles. The van der Waals surface area contributed by atoms with Gasteiger partial charge in [-0.05, 0) is 38.5 Å². The highest BCUT2D eigenvalue weighted by molar-refractivity contribution is 5.95. The lowest BCUT2D eigenvalue weighted by atomic mass is 9.85. The number of aliphatic carboxylic acids is 1. The van der Waals surface area contributed by atoms with E-state index in [1.165, 1.54) is 12.1 Å². The maximum absolute atomic E-state index is 12.5. The summed E-state index contributed by atoms with van der Waals surface area (Å²) in [5.41, 5.74) is 0.394. The second kappa shape index (κ2) is 9.40. The first kappa shape index (κ1) is 20.0. The maximum atomic E-state index is 12.5. The Morgan fingerprint density at radius 2 is 1.96 bits per heavy atom. The van der Waals surface area contributed by atoms with Gasteiger partial charge in [0, 0.05) is 19.3 Å². The quantitative estimate of drug-likeness (QED) is 0.645. The van der Waals surface area contributed by atoms with Gasteiger partial charge in [-0.15, -0.1) is 0 Å². The molecule has 0 aromatic heterocycles. The van der Waals surface area contributed by atoms with Crippen LogP contribution in [0.5, 0.6) is 11.5 Å². The van der Waals surface area contributed by atoms with Gasteiger partial charge in [0.2, 0.25) is 0 Å². The molecular weight excluding hydrogens is 342 g/mol. The van der Waals surface area contributed by atoms with Crippen LogP contribution in [0, 0.1) is 0 Å². The summed E-state index contributed by atoms with van der Waals surface area (Å²) < 4.78 is 21.6. The van der Waals surface area contributed by atoms with E-state index in [0.717, 1.165) is 0 Å². The van der Waals surface area contributed by atoms with Gasteiger partial charge in [0.05, 0.1) is 18.8 Å². The van der Waals surface area contributed by atoms with E-state index in [2.05, 4.69) is 5.32 Å². The van der Waals surface area contributed by atoms with Crippen LogP contribution >= 0.6 is 0 Å². The minimum atomic E-state index is -1.09. The highest BCUT2D eigenvalue weighted by Crippen LogP contribution is 2.30. The van der Waals surface area contributed by atoms with E-state index < -0.39 is 12.6 Å². The Kier molecular flexibility index (Phi) is 7.23. The summed E-state index contributed by atoms with van der Waals surface area (Å²) in [6.45, 7) is 4.18. The number of carbonyl (C=O) groups is 2. The second-order valence-electron chi connectivity index (χ2n) is 5.79. The molecule has 0 bridgehead atoms. The van der Waals surface area contributed by atoms with Gasteiger partial charge in [0.25, 0.3) is 5.91 Å². The predicted molar refractivity (Wildman–Crippen MR) is 92.8 cm³/mol. The van der Waals surface area contributed by atoms with Gasteiger partial charge in [0.15, 0.2) is 18.1 Å². The van der Waals surface area contributed by atoms with Crippen molar-refractivity contribution in [3.8, 4) is 11.5 Å². The van der Waals surface area contributed by atoms with E-state index in [1.807, 2.05) is 6.92 Å². The van der Waals surface area contributed by atoms with Crippen LogP contribution in [0.1, 0.15) is 30.6 Å². The van der Waals surface area contributed by atoms with Crippen LogP contribution in [0.2, 0.25) is 0 Å². The van der Waals surface area contributed by atoms with Gasteiger partial charge in [-0.1, -0.05) is 0 Å². The molecule has 1 aromatic rings. The van der Waals surface area contributed by atoms with E-state index in [9.17, 15) is 9.59 Å². The third-order valence-electron chi connectivity index (χ3n) is 4.08.